The number of aromatic nitrogens is 3. The zero-order chi connectivity index (χ0) is 19.7. The molecule has 0 spiro atoms. The molecule has 0 unspecified atom stereocenters. The standard InChI is InChI=1S/C19H18Cl2N4O2S/c20-18-6-3-15(13-19(18)21)14-1-4-17(5-2-14)28(26,27)24-11-7-16(8-12-24)25-22-9-10-23-25/h1-6,9-10,13,16H,7-8,11-12H2. The maximum absolute atomic E-state index is 13.0. The highest BCUT2D eigenvalue weighted by molar-refractivity contribution is 7.89. The van der Waals surface area contributed by atoms with Gasteiger partial charge in [0.2, 0.25) is 10.0 Å². The number of rotatable bonds is 4. The maximum atomic E-state index is 13.0. The van der Waals surface area contributed by atoms with E-state index in [0.717, 1.165) is 11.1 Å². The lowest BCUT2D eigenvalue weighted by Crippen LogP contribution is -2.39. The van der Waals surface area contributed by atoms with Gasteiger partial charge in [0.15, 0.2) is 0 Å². The van der Waals surface area contributed by atoms with Gasteiger partial charge in [0.25, 0.3) is 0 Å². The highest BCUT2D eigenvalue weighted by atomic mass is 35.5. The van der Waals surface area contributed by atoms with E-state index in [1.54, 1.807) is 53.6 Å². The van der Waals surface area contributed by atoms with E-state index in [4.69, 9.17) is 23.2 Å². The highest BCUT2D eigenvalue weighted by Gasteiger charge is 2.30. The lowest BCUT2D eigenvalue weighted by atomic mass is 10.1. The first kappa shape index (κ1) is 19.4. The minimum absolute atomic E-state index is 0.137. The molecule has 0 aliphatic carbocycles. The Morgan fingerprint density at radius 1 is 0.857 bits per heavy atom. The summed E-state index contributed by atoms with van der Waals surface area (Å²) in [5, 5.41) is 9.26. The summed E-state index contributed by atoms with van der Waals surface area (Å²) in [5.41, 5.74) is 1.76. The van der Waals surface area contributed by atoms with Crippen molar-refractivity contribution in [2.75, 3.05) is 13.1 Å². The Hall–Kier alpha value is -1.93. The predicted molar refractivity (Wildman–Crippen MR) is 109 cm³/mol. The van der Waals surface area contributed by atoms with E-state index < -0.39 is 10.0 Å². The fourth-order valence-corrected chi connectivity index (χ4v) is 5.14. The molecular weight excluding hydrogens is 419 g/mol. The van der Waals surface area contributed by atoms with Gasteiger partial charge in [-0.15, -0.1) is 0 Å². The number of hydrogen-bond acceptors (Lipinski definition) is 4. The van der Waals surface area contributed by atoms with Crippen LogP contribution in [0.15, 0.2) is 59.8 Å². The molecule has 3 aromatic rings. The number of piperidine rings is 1. The Morgan fingerprint density at radius 3 is 2.07 bits per heavy atom. The first-order chi connectivity index (χ1) is 13.4. The first-order valence-electron chi connectivity index (χ1n) is 8.86. The molecule has 0 radical (unpaired) electrons. The van der Waals surface area contributed by atoms with Crippen LogP contribution in [0.4, 0.5) is 0 Å². The van der Waals surface area contributed by atoms with Crippen LogP contribution in [-0.2, 0) is 10.0 Å². The summed E-state index contributed by atoms with van der Waals surface area (Å²) in [5.74, 6) is 0. The van der Waals surface area contributed by atoms with Crippen LogP contribution in [0.5, 0.6) is 0 Å². The second-order valence-corrected chi connectivity index (χ2v) is 9.39. The van der Waals surface area contributed by atoms with Gasteiger partial charge in [-0.1, -0.05) is 41.4 Å². The SMILES string of the molecule is O=S(=O)(c1ccc(-c2ccc(Cl)c(Cl)c2)cc1)N1CCC(n2nccn2)CC1. The molecule has 0 atom stereocenters. The van der Waals surface area contributed by atoms with Crippen molar-refractivity contribution in [2.45, 2.75) is 23.8 Å². The van der Waals surface area contributed by atoms with Gasteiger partial charge in [-0.05, 0) is 48.2 Å². The van der Waals surface area contributed by atoms with Gasteiger partial charge in [-0.25, -0.2) is 8.42 Å². The quantitative estimate of drug-likeness (QED) is 0.611. The van der Waals surface area contributed by atoms with E-state index in [9.17, 15) is 8.42 Å². The molecule has 28 heavy (non-hydrogen) atoms. The normalized spacial score (nSPS) is 16.4. The third-order valence-corrected chi connectivity index (χ3v) is 7.58. The van der Waals surface area contributed by atoms with Gasteiger partial charge < -0.3 is 0 Å². The second-order valence-electron chi connectivity index (χ2n) is 6.64. The average molecular weight is 437 g/mol. The molecule has 2 aromatic carbocycles. The molecule has 1 aliphatic heterocycles. The predicted octanol–water partition coefficient (Wildman–Crippen LogP) is 4.28. The minimum atomic E-state index is -3.53. The maximum Gasteiger partial charge on any atom is 0.243 e. The van der Waals surface area contributed by atoms with Crippen molar-refractivity contribution in [3.8, 4) is 11.1 Å². The fraction of sp³-hybridized carbons (Fsp3) is 0.263. The van der Waals surface area contributed by atoms with Gasteiger partial charge in [-0.3, -0.25) is 0 Å². The van der Waals surface area contributed by atoms with Crippen molar-refractivity contribution in [3.63, 3.8) is 0 Å². The number of benzene rings is 2. The van der Waals surface area contributed by atoms with Crippen LogP contribution in [0.25, 0.3) is 11.1 Å². The number of hydrogen-bond donors (Lipinski definition) is 0. The van der Waals surface area contributed by atoms with Gasteiger partial charge in [0, 0.05) is 13.1 Å². The Bertz CT molecular complexity index is 1060. The van der Waals surface area contributed by atoms with Crippen molar-refractivity contribution < 1.29 is 8.42 Å². The van der Waals surface area contributed by atoms with Crippen LogP contribution >= 0.6 is 23.2 Å². The lowest BCUT2D eigenvalue weighted by Gasteiger charge is -2.30. The monoisotopic (exact) mass is 436 g/mol. The molecule has 9 heteroatoms. The molecule has 2 heterocycles. The average Bonchev–Trinajstić information content (AvgIpc) is 3.25. The van der Waals surface area contributed by atoms with Crippen molar-refractivity contribution in [3.05, 3.63) is 64.9 Å². The van der Waals surface area contributed by atoms with Crippen LogP contribution in [0.2, 0.25) is 10.0 Å². The molecule has 0 N–H and O–H groups in total. The Balaban J connectivity index is 1.49. The van der Waals surface area contributed by atoms with E-state index >= 15 is 0 Å². The zero-order valence-electron chi connectivity index (χ0n) is 14.9. The van der Waals surface area contributed by atoms with Crippen LogP contribution in [0.1, 0.15) is 18.9 Å². The summed E-state index contributed by atoms with van der Waals surface area (Å²) < 4.78 is 27.5. The minimum Gasteiger partial charge on any atom is -0.207 e. The summed E-state index contributed by atoms with van der Waals surface area (Å²) in [7, 11) is -3.53. The molecule has 0 bridgehead atoms. The van der Waals surface area contributed by atoms with Gasteiger partial charge >= 0.3 is 0 Å². The van der Waals surface area contributed by atoms with Gasteiger partial charge in [0.05, 0.1) is 33.4 Å². The highest BCUT2D eigenvalue weighted by Crippen LogP contribution is 2.30. The third kappa shape index (κ3) is 3.80. The van der Waals surface area contributed by atoms with E-state index in [0.29, 0.717) is 36.0 Å². The van der Waals surface area contributed by atoms with Crippen molar-refractivity contribution in [1.82, 2.24) is 19.3 Å². The van der Waals surface area contributed by atoms with E-state index in [-0.39, 0.29) is 10.9 Å². The van der Waals surface area contributed by atoms with Crippen LogP contribution in [-0.4, -0.2) is 40.8 Å². The molecule has 1 fully saturated rings. The Labute approximate surface area is 173 Å². The lowest BCUT2D eigenvalue weighted by molar-refractivity contribution is 0.245. The van der Waals surface area contributed by atoms with Crippen LogP contribution in [0, 0.1) is 0 Å². The van der Waals surface area contributed by atoms with Crippen molar-refractivity contribution >= 4 is 33.2 Å². The van der Waals surface area contributed by atoms with E-state index in [2.05, 4.69) is 10.2 Å². The number of nitrogens with zero attached hydrogens (tertiary/aromatic N) is 4. The Kier molecular flexibility index (Phi) is 5.42. The van der Waals surface area contributed by atoms with Gasteiger partial charge in [0.1, 0.15) is 0 Å². The van der Waals surface area contributed by atoms with Crippen LogP contribution in [0.3, 0.4) is 0 Å². The number of sulfonamides is 1. The van der Waals surface area contributed by atoms with Crippen molar-refractivity contribution in [1.29, 1.82) is 0 Å². The third-order valence-electron chi connectivity index (χ3n) is 4.93. The molecule has 4 rings (SSSR count). The summed E-state index contributed by atoms with van der Waals surface area (Å²) >= 11 is 12.0. The zero-order valence-corrected chi connectivity index (χ0v) is 17.2. The van der Waals surface area contributed by atoms with Crippen LogP contribution < -0.4 is 0 Å². The molecule has 1 saturated heterocycles. The first-order valence-corrected chi connectivity index (χ1v) is 11.1. The summed E-state index contributed by atoms with van der Waals surface area (Å²) in [4.78, 5) is 1.95. The largest absolute Gasteiger partial charge is 0.243 e. The molecule has 0 amide bonds. The fourth-order valence-electron chi connectivity index (χ4n) is 3.37. The topological polar surface area (TPSA) is 68.1 Å². The molecule has 0 saturated carbocycles. The molecular formula is C19H18Cl2N4O2S. The molecule has 146 valence electrons. The molecule has 1 aliphatic rings. The molecule has 6 nitrogen and oxygen atoms in total. The summed E-state index contributed by atoms with van der Waals surface area (Å²) in [6.07, 6.45) is 4.65. The summed E-state index contributed by atoms with van der Waals surface area (Å²) in [6.45, 7) is 0.895. The molecule has 1 aromatic heterocycles. The van der Waals surface area contributed by atoms with E-state index in [1.807, 2.05) is 6.07 Å². The van der Waals surface area contributed by atoms with E-state index in [1.165, 1.54) is 4.31 Å². The number of halogens is 2. The van der Waals surface area contributed by atoms with Gasteiger partial charge in [-0.2, -0.15) is 19.3 Å². The Morgan fingerprint density at radius 2 is 1.46 bits per heavy atom. The summed E-state index contributed by atoms with van der Waals surface area (Å²) in [6, 6.07) is 12.3. The second kappa shape index (κ2) is 7.83. The smallest absolute Gasteiger partial charge is 0.207 e. The van der Waals surface area contributed by atoms with Crippen molar-refractivity contribution in [2.24, 2.45) is 0 Å².